The molecular formula is C16H28N2O. The monoisotopic (exact) mass is 264 g/mol. The molecule has 0 aromatic carbocycles. The van der Waals surface area contributed by atoms with E-state index in [9.17, 15) is 4.79 Å². The van der Waals surface area contributed by atoms with Crippen LogP contribution in [0.15, 0.2) is 0 Å². The van der Waals surface area contributed by atoms with Gasteiger partial charge in [0.05, 0.1) is 12.2 Å². The van der Waals surface area contributed by atoms with Gasteiger partial charge in [-0.15, -0.1) is 0 Å². The third kappa shape index (κ3) is 2.96. The summed E-state index contributed by atoms with van der Waals surface area (Å²) in [6, 6.07) is 0.0874. The van der Waals surface area contributed by atoms with E-state index in [-0.39, 0.29) is 6.04 Å². The van der Waals surface area contributed by atoms with Crippen molar-refractivity contribution in [3.63, 3.8) is 0 Å². The Balaban J connectivity index is 1.69. The summed E-state index contributed by atoms with van der Waals surface area (Å²) in [7, 11) is 0. The van der Waals surface area contributed by atoms with Crippen LogP contribution >= 0.6 is 0 Å². The van der Waals surface area contributed by atoms with Crippen LogP contribution in [0.2, 0.25) is 0 Å². The van der Waals surface area contributed by atoms with Crippen molar-refractivity contribution in [3.05, 3.63) is 0 Å². The van der Waals surface area contributed by atoms with Crippen LogP contribution < -0.4 is 5.32 Å². The summed E-state index contributed by atoms with van der Waals surface area (Å²) >= 11 is 0. The molecule has 1 N–H and O–H groups in total. The van der Waals surface area contributed by atoms with Crippen molar-refractivity contribution in [2.45, 2.75) is 71.0 Å². The van der Waals surface area contributed by atoms with E-state index in [4.69, 9.17) is 0 Å². The summed E-state index contributed by atoms with van der Waals surface area (Å²) in [5.41, 5.74) is 0. The van der Waals surface area contributed by atoms with Crippen molar-refractivity contribution in [1.82, 2.24) is 10.2 Å². The lowest BCUT2D eigenvalue weighted by Crippen LogP contribution is -2.43. The van der Waals surface area contributed by atoms with Crippen LogP contribution in [0, 0.1) is 17.8 Å². The van der Waals surface area contributed by atoms with Gasteiger partial charge in [-0.05, 0) is 49.9 Å². The molecule has 1 heterocycles. The van der Waals surface area contributed by atoms with E-state index in [1.165, 1.54) is 38.5 Å². The van der Waals surface area contributed by atoms with E-state index in [0.717, 1.165) is 18.9 Å². The molecule has 1 amide bonds. The van der Waals surface area contributed by atoms with Crippen LogP contribution in [-0.4, -0.2) is 29.6 Å². The van der Waals surface area contributed by atoms with Crippen molar-refractivity contribution in [2.24, 2.45) is 17.8 Å². The van der Waals surface area contributed by atoms with Crippen LogP contribution in [-0.2, 0) is 4.79 Å². The number of rotatable bonds is 5. The second kappa shape index (κ2) is 5.43. The largest absolute Gasteiger partial charge is 0.325 e. The molecule has 1 saturated heterocycles. The maximum absolute atomic E-state index is 12.6. The first-order valence-electron chi connectivity index (χ1n) is 8.21. The van der Waals surface area contributed by atoms with Gasteiger partial charge < -0.3 is 4.90 Å². The number of hydrogen-bond donors (Lipinski definition) is 1. The van der Waals surface area contributed by atoms with Crippen LogP contribution in [0.3, 0.4) is 0 Å². The number of nitrogens with one attached hydrogen (secondary N) is 1. The Morgan fingerprint density at radius 2 is 1.89 bits per heavy atom. The summed E-state index contributed by atoms with van der Waals surface area (Å²) in [5.74, 6) is 2.48. The highest BCUT2D eigenvalue weighted by Gasteiger charge is 2.44. The molecule has 2 unspecified atom stereocenters. The maximum atomic E-state index is 12.6. The van der Waals surface area contributed by atoms with E-state index in [1.54, 1.807) is 0 Å². The zero-order valence-electron chi connectivity index (χ0n) is 12.4. The van der Waals surface area contributed by atoms with Gasteiger partial charge in [0.25, 0.3) is 0 Å². The summed E-state index contributed by atoms with van der Waals surface area (Å²) in [4.78, 5) is 14.8. The molecule has 0 aromatic rings. The van der Waals surface area contributed by atoms with Crippen LogP contribution in [0.5, 0.6) is 0 Å². The van der Waals surface area contributed by atoms with E-state index in [2.05, 4.69) is 24.1 Å². The Bertz CT molecular complexity index is 332. The molecule has 0 radical (unpaired) electrons. The van der Waals surface area contributed by atoms with Crippen molar-refractivity contribution in [1.29, 1.82) is 0 Å². The SMILES string of the molecule is CC(C)CC1NC(C2CCCC2)N(CC2CC2)C1=O. The highest BCUT2D eigenvalue weighted by atomic mass is 16.2. The lowest BCUT2D eigenvalue weighted by atomic mass is 10.0. The van der Waals surface area contributed by atoms with E-state index < -0.39 is 0 Å². The highest BCUT2D eigenvalue weighted by Crippen LogP contribution is 2.36. The second-order valence-electron chi connectivity index (χ2n) is 7.27. The van der Waals surface area contributed by atoms with Crippen LogP contribution in [0.25, 0.3) is 0 Å². The molecule has 0 bridgehead atoms. The molecule has 1 aliphatic heterocycles. The lowest BCUT2D eigenvalue weighted by molar-refractivity contribution is -0.131. The van der Waals surface area contributed by atoms with Crippen molar-refractivity contribution >= 4 is 5.91 Å². The molecule has 3 rings (SSSR count). The molecule has 0 aromatic heterocycles. The Morgan fingerprint density at radius 1 is 1.21 bits per heavy atom. The van der Waals surface area contributed by atoms with Gasteiger partial charge in [-0.3, -0.25) is 10.1 Å². The predicted molar refractivity (Wildman–Crippen MR) is 76.6 cm³/mol. The summed E-state index contributed by atoms with van der Waals surface area (Å²) in [5, 5.41) is 3.67. The number of carbonyl (C=O) groups is 1. The molecule has 108 valence electrons. The maximum Gasteiger partial charge on any atom is 0.241 e. The zero-order valence-corrected chi connectivity index (χ0v) is 12.4. The molecule has 2 saturated carbocycles. The van der Waals surface area contributed by atoms with Gasteiger partial charge in [0.15, 0.2) is 0 Å². The summed E-state index contributed by atoms with van der Waals surface area (Å²) in [6.45, 7) is 5.44. The molecule has 2 atom stereocenters. The average molecular weight is 264 g/mol. The smallest absolute Gasteiger partial charge is 0.241 e. The van der Waals surface area contributed by atoms with Gasteiger partial charge in [-0.2, -0.15) is 0 Å². The van der Waals surface area contributed by atoms with Crippen molar-refractivity contribution < 1.29 is 4.79 Å². The molecule has 3 aliphatic rings. The standard InChI is InChI=1S/C16H28N2O/c1-11(2)9-14-16(19)18(10-12-7-8-12)15(17-14)13-5-3-4-6-13/h11-15,17H,3-10H2,1-2H3. The van der Waals surface area contributed by atoms with Gasteiger partial charge >= 0.3 is 0 Å². The molecule has 0 spiro atoms. The first kappa shape index (κ1) is 13.4. The van der Waals surface area contributed by atoms with E-state index in [1.807, 2.05) is 0 Å². The topological polar surface area (TPSA) is 32.3 Å². The van der Waals surface area contributed by atoms with Crippen molar-refractivity contribution in [2.75, 3.05) is 6.54 Å². The molecular weight excluding hydrogens is 236 g/mol. The quantitative estimate of drug-likeness (QED) is 0.828. The number of nitrogens with zero attached hydrogens (tertiary/aromatic N) is 1. The minimum Gasteiger partial charge on any atom is -0.325 e. The van der Waals surface area contributed by atoms with Crippen molar-refractivity contribution in [3.8, 4) is 0 Å². The van der Waals surface area contributed by atoms with Gasteiger partial charge in [0.1, 0.15) is 0 Å². The number of carbonyl (C=O) groups excluding carboxylic acids is 1. The average Bonchev–Trinajstić information content (AvgIpc) is 2.91. The lowest BCUT2D eigenvalue weighted by Gasteiger charge is -2.29. The molecule has 3 heteroatoms. The highest BCUT2D eigenvalue weighted by molar-refractivity contribution is 5.84. The first-order chi connectivity index (χ1) is 9.15. The Morgan fingerprint density at radius 3 is 2.47 bits per heavy atom. The minimum atomic E-state index is 0.0874. The van der Waals surface area contributed by atoms with Gasteiger partial charge in [-0.25, -0.2) is 0 Å². The third-order valence-corrected chi connectivity index (χ3v) is 4.99. The zero-order chi connectivity index (χ0) is 13.4. The number of amides is 1. The molecule has 3 fully saturated rings. The van der Waals surface area contributed by atoms with Gasteiger partial charge in [-0.1, -0.05) is 26.7 Å². The minimum absolute atomic E-state index is 0.0874. The van der Waals surface area contributed by atoms with E-state index in [0.29, 0.717) is 23.9 Å². The van der Waals surface area contributed by atoms with E-state index >= 15 is 0 Å². The Kier molecular flexibility index (Phi) is 3.84. The van der Waals surface area contributed by atoms with Gasteiger partial charge in [0, 0.05) is 6.54 Å². The normalized spacial score (nSPS) is 32.8. The fourth-order valence-corrected chi connectivity index (χ4v) is 3.79. The predicted octanol–water partition coefficient (Wildman–Crippen LogP) is 2.76. The Labute approximate surface area is 117 Å². The first-order valence-corrected chi connectivity index (χ1v) is 8.21. The summed E-state index contributed by atoms with van der Waals surface area (Å²) in [6.07, 6.45) is 9.31. The third-order valence-electron chi connectivity index (χ3n) is 4.99. The molecule has 19 heavy (non-hydrogen) atoms. The second-order valence-corrected chi connectivity index (χ2v) is 7.27. The fraction of sp³-hybridized carbons (Fsp3) is 0.938. The summed E-state index contributed by atoms with van der Waals surface area (Å²) < 4.78 is 0. The Hall–Kier alpha value is -0.570. The van der Waals surface area contributed by atoms with Crippen LogP contribution in [0.4, 0.5) is 0 Å². The molecule has 3 nitrogen and oxygen atoms in total. The van der Waals surface area contributed by atoms with Crippen LogP contribution in [0.1, 0.15) is 58.8 Å². The van der Waals surface area contributed by atoms with Gasteiger partial charge in [0.2, 0.25) is 5.91 Å². The number of hydrogen-bond acceptors (Lipinski definition) is 2. The fourth-order valence-electron chi connectivity index (χ4n) is 3.79. The molecule has 2 aliphatic carbocycles.